The molecule has 6 nitrogen and oxygen atoms in total. The van der Waals surface area contributed by atoms with Crippen LogP contribution >= 0.6 is 0 Å². The molecule has 3 rings (SSSR count). The fourth-order valence-electron chi connectivity index (χ4n) is 4.77. The van der Waals surface area contributed by atoms with Crippen LogP contribution in [0.2, 0.25) is 0 Å². The first-order valence-corrected chi connectivity index (χ1v) is 11.0. The van der Waals surface area contributed by atoms with Crippen LogP contribution in [-0.2, 0) is 20.8 Å². The Bertz CT molecular complexity index is 772. The predicted molar refractivity (Wildman–Crippen MR) is 116 cm³/mol. The Labute approximate surface area is 179 Å². The van der Waals surface area contributed by atoms with Crippen molar-refractivity contribution in [3.63, 3.8) is 0 Å². The molecule has 0 radical (unpaired) electrons. The number of carbonyl (C=O) groups is 3. The van der Waals surface area contributed by atoms with Crippen molar-refractivity contribution in [3.05, 3.63) is 35.9 Å². The Morgan fingerprint density at radius 2 is 1.77 bits per heavy atom. The number of benzene rings is 1. The number of likely N-dealkylation sites (tertiary alicyclic amines) is 2. The minimum Gasteiger partial charge on any atom is -0.368 e. The third-order valence-electron chi connectivity index (χ3n) is 6.40. The summed E-state index contributed by atoms with van der Waals surface area (Å²) in [5.74, 6) is 0.316. The second kappa shape index (κ2) is 9.19. The van der Waals surface area contributed by atoms with E-state index in [4.69, 9.17) is 5.73 Å². The Balaban J connectivity index is 1.68. The third-order valence-corrected chi connectivity index (χ3v) is 6.40. The molecule has 3 atom stereocenters. The maximum Gasteiger partial charge on any atom is 0.240 e. The van der Waals surface area contributed by atoms with Gasteiger partial charge in [0.1, 0.15) is 6.04 Å². The number of carbonyl (C=O) groups excluding carboxylic acids is 3. The molecule has 0 aromatic heterocycles. The van der Waals surface area contributed by atoms with E-state index in [1.807, 2.05) is 35.2 Å². The van der Waals surface area contributed by atoms with Crippen LogP contribution in [0.5, 0.6) is 0 Å². The number of piperidine rings is 1. The van der Waals surface area contributed by atoms with Gasteiger partial charge in [-0.25, -0.2) is 0 Å². The molecule has 2 N–H and O–H groups in total. The lowest BCUT2D eigenvalue weighted by Crippen LogP contribution is -2.49. The zero-order valence-electron chi connectivity index (χ0n) is 18.5. The smallest absolute Gasteiger partial charge is 0.240 e. The molecule has 2 fully saturated rings. The van der Waals surface area contributed by atoms with Crippen LogP contribution in [0.4, 0.5) is 0 Å². The Kier molecular flexibility index (Phi) is 6.84. The van der Waals surface area contributed by atoms with Gasteiger partial charge in [0.2, 0.25) is 17.7 Å². The lowest BCUT2D eigenvalue weighted by atomic mass is 9.81. The van der Waals surface area contributed by atoms with E-state index < -0.39 is 11.9 Å². The average Bonchev–Trinajstić information content (AvgIpc) is 2.83. The van der Waals surface area contributed by atoms with E-state index in [0.717, 1.165) is 18.4 Å². The molecule has 2 saturated heterocycles. The highest BCUT2D eigenvalue weighted by molar-refractivity contribution is 5.87. The SMILES string of the molecule is CC(C)(C)CC(=O)N1CCC2CC(=O)N(C(Cc3ccccc3)C(N)=O)CCC2C1. The molecule has 6 heteroatoms. The molecule has 3 unspecified atom stereocenters. The van der Waals surface area contributed by atoms with Crippen molar-refractivity contribution in [1.82, 2.24) is 9.80 Å². The molecule has 0 aliphatic carbocycles. The van der Waals surface area contributed by atoms with Crippen molar-refractivity contribution in [2.75, 3.05) is 19.6 Å². The highest BCUT2D eigenvalue weighted by Crippen LogP contribution is 2.34. The molecule has 3 amide bonds. The van der Waals surface area contributed by atoms with Crippen molar-refractivity contribution in [1.29, 1.82) is 0 Å². The molecule has 164 valence electrons. The average molecular weight is 414 g/mol. The van der Waals surface area contributed by atoms with Gasteiger partial charge in [-0.1, -0.05) is 51.1 Å². The van der Waals surface area contributed by atoms with Crippen molar-refractivity contribution >= 4 is 17.7 Å². The zero-order chi connectivity index (χ0) is 21.9. The number of nitrogens with two attached hydrogens (primary N) is 1. The van der Waals surface area contributed by atoms with Gasteiger partial charge in [0, 0.05) is 38.9 Å². The normalized spacial score (nSPS) is 23.5. The number of fused-ring (bicyclic) bond motifs is 1. The van der Waals surface area contributed by atoms with Gasteiger partial charge in [0.15, 0.2) is 0 Å². The van der Waals surface area contributed by atoms with Gasteiger partial charge in [-0.2, -0.15) is 0 Å². The van der Waals surface area contributed by atoms with Crippen LogP contribution in [0.1, 0.15) is 52.0 Å². The summed E-state index contributed by atoms with van der Waals surface area (Å²) >= 11 is 0. The van der Waals surface area contributed by atoms with Gasteiger partial charge in [0.05, 0.1) is 0 Å². The molecule has 30 heavy (non-hydrogen) atoms. The Hall–Kier alpha value is -2.37. The minimum atomic E-state index is -0.626. The number of hydrogen-bond donors (Lipinski definition) is 1. The van der Waals surface area contributed by atoms with Crippen molar-refractivity contribution in [3.8, 4) is 0 Å². The highest BCUT2D eigenvalue weighted by Gasteiger charge is 2.39. The Morgan fingerprint density at radius 3 is 2.40 bits per heavy atom. The quantitative estimate of drug-likeness (QED) is 0.805. The number of primary amides is 1. The summed E-state index contributed by atoms with van der Waals surface area (Å²) < 4.78 is 0. The molecular formula is C24H35N3O3. The Morgan fingerprint density at radius 1 is 1.10 bits per heavy atom. The van der Waals surface area contributed by atoms with E-state index in [-0.39, 0.29) is 23.1 Å². The molecule has 1 aromatic rings. The molecule has 0 spiro atoms. The molecule has 1 aromatic carbocycles. The first kappa shape index (κ1) is 22.3. The molecule has 2 aliphatic rings. The number of amides is 3. The number of hydrogen-bond acceptors (Lipinski definition) is 3. The summed E-state index contributed by atoms with van der Waals surface area (Å²) in [6.07, 6.45) is 3.06. The zero-order valence-corrected chi connectivity index (χ0v) is 18.5. The minimum absolute atomic E-state index is 0.0108. The highest BCUT2D eigenvalue weighted by atomic mass is 16.2. The first-order valence-electron chi connectivity index (χ1n) is 11.0. The topological polar surface area (TPSA) is 83.7 Å². The lowest BCUT2D eigenvalue weighted by Gasteiger charge is -2.38. The fourth-order valence-corrected chi connectivity index (χ4v) is 4.77. The van der Waals surface area contributed by atoms with E-state index in [2.05, 4.69) is 20.8 Å². The number of rotatable bonds is 5. The lowest BCUT2D eigenvalue weighted by molar-refractivity contribution is -0.139. The van der Waals surface area contributed by atoms with Crippen LogP contribution in [0.25, 0.3) is 0 Å². The van der Waals surface area contributed by atoms with Gasteiger partial charge >= 0.3 is 0 Å². The summed E-state index contributed by atoms with van der Waals surface area (Å²) in [5.41, 5.74) is 6.67. The third kappa shape index (κ3) is 5.61. The van der Waals surface area contributed by atoms with E-state index >= 15 is 0 Å². The summed E-state index contributed by atoms with van der Waals surface area (Å²) in [6, 6.07) is 9.06. The van der Waals surface area contributed by atoms with Crippen LogP contribution in [-0.4, -0.2) is 53.2 Å². The van der Waals surface area contributed by atoms with E-state index in [1.165, 1.54) is 0 Å². The summed E-state index contributed by atoms with van der Waals surface area (Å²) in [6.45, 7) is 8.18. The number of nitrogens with zero attached hydrogens (tertiary/aromatic N) is 2. The maximum atomic E-state index is 13.0. The first-order chi connectivity index (χ1) is 14.1. The van der Waals surface area contributed by atoms with Gasteiger partial charge in [-0.15, -0.1) is 0 Å². The molecule has 0 saturated carbocycles. The maximum absolute atomic E-state index is 13.0. The van der Waals surface area contributed by atoms with Gasteiger partial charge < -0.3 is 15.5 Å². The second-order valence-corrected chi connectivity index (χ2v) is 10.1. The summed E-state index contributed by atoms with van der Waals surface area (Å²) in [7, 11) is 0. The molecule has 2 aliphatic heterocycles. The monoisotopic (exact) mass is 413 g/mol. The fraction of sp³-hybridized carbons (Fsp3) is 0.625. The summed E-state index contributed by atoms with van der Waals surface area (Å²) in [4.78, 5) is 41.6. The summed E-state index contributed by atoms with van der Waals surface area (Å²) in [5, 5.41) is 0. The largest absolute Gasteiger partial charge is 0.368 e. The van der Waals surface area contributed by atoms with Gasteiger partial charge in [0.25, 0.3) is 0 Å². The van der Waals surface area contributed by atoms with Crippen molar-refractivity contribution in [2.45, 2.75) is 58.9 Å². The van der Waals surface area contributed by atoms with Crippen molar-refractivity contribution in [2.24, 2.45) is 23.0 Å². The molecule has 2 heterocycles. The van der Waals surface area contributed by atoms with Crippen LogP contribution in [0.15, 0.2) is 30.3 Å². The van der Waals surface area contributed by atoms with Gasteiger partial charge in [-0.3, -0.25) is 14.4 Å². The van der Waals surface area contributed by atoms with E-state index in [1.54, 1.807) is 4.90 Å². The van der Waals surface area contributed by atoms with Crippen LogP contribution < -0.4 is 5.73 Å². The van der Waals surface area contributed by atoms with Gasteiger partial charge in [-0.05, 0) is 35.7 Å². The van der Waals surface area contributed by atoms with E-state index in [9.17, 15) is 14.4 Å². The van der Waals surface area contributed by atoms with Crippen LogP contribution in [0, 0.1) is 17.3 Å². The van der Waals surface area contributed by atoms with E-state index in [0.29, 0.717) is 44.8 Å². The predicted octanol–water partition coefficient (Wildman–Crippen LogP) is 2.61. The standard InChI is InChI=1S/C24H35N3O3/c1-24(2,3)15-22(29)26-11-9-18-14-21(28)27(12-10-19(18)16-26)20(23(25)30)13-17-7-5-4-6-8-17/h4-8,18-20H,9-16H2,1-3H3,(H2,25,30). The molecule has 0 bridgehead atoms. The molecular weight excluding hydrogens is 378 g/mol. The van der Waals surface area contributed by atoms with Crippen molar-refractivity contribution < 1.29 is 14.4 Å². The van der Waals surface area contributed by atoms with Crippen LogP contribution in [0.3, 0.4) is 0 Å². The second-order valence-electron chi connectivity index (χ2n) is 10.1.